The SMILES string of the molecule is COc1cc(F)cc(C(C)NC(=O)C(N)CO)c1. The van der Waals surface area contributed by atoms with Gasteiger partial charge in [0.25, 0.3) is 0 Å². The molecule has 1 amide bonds. The van der Waals surface area contributed by atoms with Gasteiger partial charge in [0, 0.05) is 6.07 Å². The van der Waals surface area contributed by atoms with E-state index in [0.717, 1.165) is 0 Å². The molecule has 0 aromatic heterocycles. The van der Waals surface area contributed by atoms with Crippen LogP contribution in [0.25, 0.3) is 0 Å². The predicted molar refractivity (Wildman–Crippen MR) is 64.6 cm³/mol. The monoisotopic (exact) mass is 256 g/mol. The minimum Gasteiger partial charge on any atom is -0.497 e. The summed E-state index contributed by atoms with van der Waals surface area (Å²) in [5.41, 5.74) is 5.93. The van der Waals surface area contributed by atoms with Gasteiger partial charge in [-0.05, 0) is 24.6 Å². The molecular formula is C12H17FN2O3. The highest BCUT2D eigenvalue weighted by Gasteiger charge is 2.16. The molecule has 0 fully saturated rings. The number of nitrogens with two attached hydrogens (primary N) is 1. The quantitative estimate of drug-likeness (QED) is 0.709. The Hall–Kier alpha value is -1.66. The lowest BCUT2D eigenvalue weighted by atomic mass is 10.1. The van der Waals surface area contributed by atoms with Gasteiger partial charge in [-0.2, -0.15) is 0 Å². The summed E-state index contributed by atoms with van der Waals surface area (Å²) in [6.07, 6.45) is 0. The van der Waals surface area contributed by atoms with E-state index >= 15 is 0 Å². The molecule has 1 rings (SSSR count). The lowest BCUT2D eigenvalue weighted by molar-refractivity contribution is -0.123. The van der Waals surface area contributed by atoms with Crippen molar-refractivity contribution in [2.45, 2.75) is 19.0 Å². The number of halogens is 1. The van der Waals surface area contributed by atoms with Crippen LogP contribution in [0.1, 0.15) is 18.5 Å². The Kier molecular flexibility index (Phi) is 5.06. The number of hydrogen-bond donors (Lipinski definition) is 3. The zero-order valence-electron chi connectivity index (χ0n) is 10.3. The Morgan fingerprint density at radius 3 is 2.78 bits per heavy atom. The molecule has 1 aromatic rings. The molecule has 1 aromatic carbocycles. The van der Waals surface area contributed by atoms with Gasteiger partial charge >= 0.3 is 0 Å². The Balaban J connectivity index is 2.80. The van der Waals surface area contributed by atoms with Crippen molar-refractivity contribution in [2.75, 3.05) is 13.7 Å². The smallest absolute Gasteiger partial charge is 0.239 e. The Labute approximate surface area is 105 Å². The molecule has 0 aliphatic carbocycles. The van der Waals surface area contributed by atoms with Crippen molar-refractivity contribution in [3.05, 3.63) is 29.6 Å². The van der Waals surface area contributed by atoms with Gasteiger partial charge < -0.3 is 20.9 Å². The second-order valence-corrected chi connectivity index (χ2v) is 3.94. The lowest BCUT2D eigenvalue weighted by Crippen LogP contribution is -2.43. The van der Waals surface area contributed by atoms with E-state index < -0.39 is 30.4 Å². The van der Waals surface area contributed by atoms with Crippen molar-refractivity contribution in [1.82, 2.24) is 5.32 Å². The van der Waals surface area contributed by atoms with Crippen molar-refractivity contribution < 1.29 is 19.0 Å². The number of carbonyl (C=O) groups is 1. The summed E-state index contributed by atoms with van der Waals surface area (Å²) in [4.78, 5) is 11.5. The predicted octanol–water partition coefficient (Wildman–Crippen LogP) is 0.331. The van der Waals surface area contributed by atoms with E-state index in [1.807, 2.05) is 0 Å². The molecule has 0 radical (unpaired) electrons. The van der Waals surface area contributed by atoms with E-state index in [1.165, 1.54) is 19.2 Å². The topological polar surface area (TPSA) is 84.6 Å². The molecule has 0 aliphatic heterocycles. The first-order chi connectivity index (χ1) is 8.47. The van der Waals surface area contributed by atoms with Crippen molar-refractivity contribution >= 4 is 5.91 Å². The van der Waals surface area contributed by atoms with Gasteiger partial charge in [0.15, 0.2) is 0 Å². The number of hydrogen-bond acceptors (Lipinski definition) is 4. The highest BCUT2D eigenvalue weighted by Crippen LogP contribution is 2.21. The van der Waals surface area contributed by atoms with Crippen molar-refractivity contribution in [3.63, 3.8) is 0 Å². The summed E-state index contributed by atoms with van der Waals surface area (Å²) in [5, 5.41) is 11.3. The summed E-state index contributed by atoms with van der Waals surface area (Å²) in [6.45, 7) is 1.25. The largest absolute Gasteiger partial charge is 0.497 e. The number of methoxy groups -OCH3 is 1. The molecule has 0 saturated carbocycles. The fourth-order valence-electron chi connectivity index (χ4n) is 1.44. The van der Waals surface area contributed by atoms with Crippen LogP contribution in [-0.2, 0) is 4.79 Å². The van der Waals surface area contributed by atoms with Gasteiger partial charge in [0.1, 0.15) is 17.6 Å². The zero-order chi connectivity index (χ0) is 13.7. The maximum absolute atomic E-state index is 13.3. The number of carbonyl (C=O) groups excluding carboxylic acids is 1. The number of amides is 1. The Bertz CT molecular complexity index is 426. The molecule has 100 valence electrons. The fraction of sp³-hybridized carbons (Fsp3) is 0.417. The molecule has 0 heterocycles. The molecule has 18 heavy (non-hydrogen) atoms. The minimum atomic E-state index is -0.983. The summed E-state index contributed by atoms with van der Waals surface area (Å²) in [7, 11) is 1.43. The van der Waals surface area contributed by atoms with Gasteiger partial charge in [-0.1, -0.05) is 0 Å². The Morgan fingerprint density at radius 1 is 1.56 bits per heavy atom. The first kappa shape index (κ1) is 14.4. The number of nitrogens with one attached hydrogen (secondary N) is 1. The standard InChI is InChI=1S/C12H17FN2O3/c1-7(15-12(17)11(14)6-16)8-3-9(13)5-10(4-8)18-2/h3-5,7,11,16H,6,14H2,1-2H3,(H,15,17). The number of aliphatic hydroxyl groups excluding tert-OH is 1. The fourth-order valence-corrected chi connectivity index (χ4v) is 1.44. The van der Waals surface area contributed by atoms with Crippen molar-refractivity contribution in [3.8, 4) is 5.75 Å². The third-order valence-corrected chi connectivity index (χ3v) is 2.52. The maximum atomic E-state index is 13.3. The van der Waals surface area contributed by atoms with Gasteiger partial charge in [-0.3, -0.25) is 4.79 Å². The molecule has 2 atom stereocenters. The van der Waals surface area contributed by atoms with Crippen LogP contribution in [0.3, 0.4) is 0 Å². The average Bonchev–Trinajstić information content (AvgIpc) is 2.36. The van der Waals surface area contributed by atoms with Crippen LogP contribution in [0.15, 0.2) is 18.2 Å². The first-order valence-corrected chi connectivity index (χ1v) is 5.49. The molecular weight excluding hydrogens is 239 g/mol. The zero-order valence-corrected chi connectivity index (χ0v) is 10.3. The Morgan fingerprint density at radius 2 is 2.22 bits per heavy atom. The summed E-state index contributed by atoms with van der Waals surface area (Å²) in [6, 6.07) is 2.76. The normalized spacial score (nSPS) is 13.8. The van der Waals surface area contributed by atoms with Crippen LogP contribution in [0.5, 0.6) is 5.75 Å². The van der Waals surface area contributed by atoms with Crippen LogP contribution in [0.4, 0.5) is 4.39 Å². The van der Waals surface area contributed by atoms with Crippen LogP contribution < -0.4 is 15.8 Å². The van der Waals surface area contributed by atoms with Crippen molar-refractivity contribution in [2.24, 2.45) is 5.73 Å². The molecule has 2 unspecified atom stereocenters. The van der Waals surface area contributed by atoms with E-state index in [9.17, 15) is 9.18 Å². The van der Waals surface area contributed by atoms with Crippen LogP contribution in [-0.4, -0.2) is 30.8 Å². The highest BCUT2D eigenvalue weighted by atomic mass is 19.1. The van der Waals surface area contributed by atoms with E-state index in [-0.39, 0.29) is 0 Å². The third kappa shape index (κ3) is 3.68. The molecule has 0 spiro atoms. The number of aliphatic hydroxyl groups is 1. The molecule has 4 N–H and O–H groups in total. The molecule has 0 bridgehead atoms. The van der Waals surface area contributed by atoms with E-state index in [4.69, 9.17) is 15.6 Å². The van der Waals surface area contributed by atoms with Gasteiger partial charge in [0.05, 0.1) is 19.8 Å². The van der Waals surface area contributed by atoms with Gasteiger partial charge in [0.2, 0.25) is 5.91 Å². The first-order valence-electron chi connectivity index (χ1n) is 5.49. The highest BCUT2D eigenvalue weighted by molar-refractivity contribution is 5.82. The van der Waals surface area contributed by atoms with E-state index in [0.29, 0.717) is 11.3 Å². The minimum absolute atomic E-state index is 0.373. The summed E-state index contributed by atoms with van der Waals surface area (Å²) >= 11 is 0. The van der Waals surface area contributed by atoms with Gasteiger partial charge in [-0.25, -0.2) is 4.39 Å². The van der Waals surface area contributed by atoms with E-state index in [1.54, 1.807) is 13.0 Å². The number of ether oxygens (including phenoxy) is 1. The van der Waals surface area contributed by atoms with Crippen LogP contribution >= 0.6 is 0 Å². The van der Waals surface area contributed by atoms with Crippen molar-refractivity contribution in [1.29, 1.82) is 0 Å². The van der Waals surface area contributed by atoms with Crippen LogP contribution in [0.2, 0.25) is 0 Å². The summed E-state index contributed by atoms with van der Waals surface area (Å²) < 4.78 is 18.2. The number of benzene rings is 1. The van der Waals surface area contributed by atoms with Crippen LogP contribution in [0, 0.1) is 5.82 Å². The van der Waals surface area contributed by atoms with Gasteiger partial charge in [-0.15, -0.1) is 0 Å². The molecule has 0 saturated heterocycles. The maximum Gasteiger partial charge on any atom is 0.239 e. The third-order valence-electron chi connectivity index (χ3n) is 2.52. The molecule has 5 nitrogen and oxygen atoms in total. The second-order valence-electron chi connectivity index (χ2n) is 3.94. The van der Waals surface area contributed by atoms with E-state index in [2.05, 4.69) is 5.32 Å². The molecule has 0 aliphatic rings. The lowest BCUT2D eigenvalue weighted by Gasteiger charge is -2.17. The average molecular weight is 256 g/mol. The summed E-state index contributed by atoms with van der Waals surface area (Å²) in [5.74, 6) is -0.567. The number of rotatable bonds is 5. The molecule has 6 heteroatoms. The second kappa shape index (κ2) is 6.32.